The second-order valence-corrected chi connectivity index (χ2v) is 6.76. The molecule has 0 aliphatic carbocycles. The molecule has 1 heterocycles. The van der Waals surface area contributed by atoms with Gasteiger partial charge in [0.15, 0.2) is 0 Å². The predicted octanol–water partition coefficient (Wildman–Crippen LogP) is 1.30. The first-order chi connectivity index (χ1) is 11.4. The van der Waals surface area contributed by atoms with Gasteiger partial charge in [0.2, 0.25) is 5.91 Å². The molecule has 0 spiro atoms. The summed E-state index contributed by atoms with van der Waals surface area (Å²) >= 11 is 5.96. The Bertz CT molecular complexity index is 586. The van der Waals surface area contributed by atoms with E-state index in [1.54, 1.807) is 24.3 Å². The van der Waals surface area contributed by atoms with Crippen LogP contribution in [-0.2, 0) is 9.53 Å². The van der Waals surface area contributed by atoms with Gasteiger partial charge in [-0.2, -0.15) is 0 Å². The standard InChI is InChI=1S/C17H24ClN3O3/c1-17(2,21-7-9-24-10-8-21)12-20-15(22)11-19-16(23)13-5-3-4-6-14(13)18/h3-6H,7-12H2,1-2H3,(H,19,23)(H,20,22). The van der Waals surface area contributed by atoms with Crippen LogP contribution in [0.3, 0.4) is 0 Å². The van der Waals surface area contributed by atoms with Crippen LogP contribution in [0.25, 0.3) is 0 Å². The van der Waals surface area contributed by atoms with Crippen molar-refractivity contribution in [1.29, 1.82) is 0 Å². The number of nitrogens with zero attached hydrogens (tertiary/aromatic N) is 1. The Balaban J connectivity index is 1.77. The number of carbonyl (C=O) groups excluding carboxylic acids is 2. The van der Waals surface area contributed by atoms with Gasteiger partial charge in [-0.05, 0) is 26.0 Å². The molecule has 1 aromatic rings. The van der Waals surface area contributed by atoms with Crippen molar-refractivity contribution in [2.24, 2.45) is 0 Å². The molecule has 1 fully saturated rings. The molecule has 0 bridgehead atoms. The Hall–Kier alpha value is -1.63. The van der Waals surface area contributed by atoms with E-state index in [0.717, 1.165) is 13.1 Å². The topological polar surface area (TPSA) is 70.7 Å². The number of amides is 2. The fourth-order valence-corrected chi connectivity index (χ4v) is 2.78. The number of rotatable bonds is 6. The SMILES string of the molecule is CC(C)(CNC(=O)CNC(=O)c1ccccc1Cl)N1CCOCC1. The van der Waals surface area contributed by atoms with Crippen molar-refractivity contribution >= 4 is 23.4 Å². The summed E-state index contributed by atoms with van der Waals surface area (Å²) in [6, 6.07) is 6.74. The van der Waals surface area contributed by atoms with Gasteiger partial charge in [0.05, 0.1) is 30.3 Å². The minimum absolute atomic E-state index is 0.0801. The Morgan fingerprint density at radius 3 is 2.54 bits per heavy atom. The van der Waals surface area contributed by atoms with Crippen LogP contribution in [0.5, 0.6) is 0 Å². The first-order valence-corrected chi connectivity index (χ1v) is 8.40. The molecular weight excluding hydrogens is 330 g/mol. The highest BCUT2D eigenvalue weighted by Crippen LogP contribution is 2.15. The minimum Gasteiger partial charge on any atom is -0.379 e. The lowest BCUT2D eigenvalue weighted by Crippen LogP contribution is -2.56. The van der Waals surface area contributed by atoms with Crippen molar-refractivity contribution in [2.75, 3.05) is 39.4 Å². The lowest BCUT2D eigenvalue weighted by Gasteiger charge is -2.40. The van der Waals surface area contributed by atoms with Gasteiger partial charge in [-0.3, -0.25) is 14.5 Å². The van der Waals surface area contributed by atoms with E-state index in [9.17, 15) is 9.59 Å². The van der Waals surface area contributed by atoms with Gasteiger partial charge in [-0.1, -0.05) is 23.7 Å². The molecule has 2 rings (SSSR count). The number of benzene rings is 1. The third-order valence-corrected chi connectivity index (χ3v) is 4.44. The van der Waals surface area contributed by atoms with Crippen LogP contribution in [0.1, 0.15) is 24.2 Å². The zero-order valence-electron chi connectivity index (χ0n) is 14.1. The van der Waals surface area contributed by atoms with Gasteiger partial charge >= 0.3 is 0 Å². The lowest BCUT2D eigenvalue weighted by molar-refractivity contribution is -0.120. The molecule has 1 aliphatic rings. The Kier molecular flexibility index (Phi) is 6.60. The van der Waals surface area contributed by atoms with E-state index < -0.39 is 0 Å². The van der Waals surface area contributed by atoms with Crippen LogP contribution < -0.4 is 10.6 Å². The number of halogens is 1. The van der Waals surface area contributed by atoms with Crippen LogP contribution in [0.4, 0.5) is 0 Å². The zero-order chi connectivity index (χ0) is 17.6. The van der Waals surface area contributed by atoms with E-state index in [1.165, 1.54) is 0 Å². The highest BCUT2D eigenvalue weighted by Gasteiger charge is 2.28. The molecule has 2 amide bonds. The molecule has 6 nitrogen and oxygen atoms in total. The summed E-state index contributed by atoms with van der Waals surface area (Å²) in [4.78, 5) is 26.3. The quantitative estimate of drug-likeness (QED) is 0.808. The second-order valence-electron chi connectivity index (χ2n) is 6.35. The zero-order valence-corrected chi connectivity index (χ0v) is 14.9. The summed E-state index contributed by atoms with van der Waals surface area (Å²) in [5, 5.41) is 5.82. The van der Waals surface area contributed by atoms with E-state index >= 15 is 0 Å². The molecule has 1 aromatic carbocycles. The van der Waals surface area contributed by atoms with Crippen LogP contribution in [0, 0.1) is 0 Å². The Morgan fingerprint density at radius 1 is 1.21 bits per heavy atom. The predicted molar refractivity (Wildman–Crippen MR) is 93.3 cm³/mol. The van der Waals surface area contributed by atoms with Gasteiger partial charge in [0, 0.05) is 25.2 Å². The summed E-state index contributed by atoms with van der Waals surface area (Å²) in [6.07, 6.45) is 0. The molecule has 1 aliphatic heterocycles. The molecule has 2 N–H and O–H groups in total. The molecule has 24 heavy (non-hydrogen) atoms. The van der Waals surface area contributed by atoms with Crippen molar-refractivity contribution < 1.29 is 14.3 Å². The number of hydrogen-bond donors (Lipinski definition) is 2. The summed E-state index contributed by atoms with van der Waals surface area (Å²) in [5.74, 6) is -0.583. The minimum atomic E-state index is -0.358. The molecule has 132 valence electrons. The van der Waals surface area contributed by atoms with Gasteiger partial charge < -0.3 is 15.4 Å². The third-order valence-electron chi connectivity index (χ3n) is 4.11. The summed E-state index contributed by atoms with van der Waals surface area (Å²) < 4.78 is 5.35. The summed E-state index contributed by atoms with van der Waals surface area (Å²) in [6.45, 7) is 7.73. The number of ether oxygens (including phenoxy) is 1. The fraction of sp³-hybridized carbons (Fsp3) is 0.529. The van der Waals surface area contributed by atoms with E-state index in [2.05, 4.69) is 29.4 Å². The molecule has 0 atom stereocenters. The van der Waals surface area contributed by atoms with E-state index in [4.69, 9.17) is 16.3 Å². The van der Waals surface area contributed by atoms with Crippen molar-refractivity contribution in [3.63, 3.8) is 0 Å². The molecule has 0 unspecified atom stereocenters. The average molecular weight is 354 g/mol. The van der Waals surface area contributed by atoms with Gasteiger partial charge in [0.1, 0.15) is 0 Å². The Labute approximate surface area is 147 Å². The van der Waals surface area contributed by atoms with Crippen molar-refractivity contribution in [3.8, 4) is 0 Å². The average Bonchev–Trinajstić information content (AvgIpc) is 2.59. The van der Waals surface area contributed by atoms with E-state index in [-0.39, 0.29) is 23.9 Å². The van der Waals surface area contributed by atoms with E-state index in [1.807, 2.05) is 0 Å². The first-order valence-electron chi connectivity index (χ1n) is 8.02. The maximum Gasteiger partial charge on any atom is 0.253 e. The number of carbonyl (C=O) groups is 2. The van der Waals surface area contributed by atoms with Crippen molar-refractivity contribution in [2.45, 2.75) is 19.4 Å². The molecule has 7 heteroatoms. The van der Waals surface area contributed by atoms with Gasteiger partial charge in [0.25, 0.3) is 5.91 Å². The van der Waals surface area contributed by atoms with Crippen LogP contribution in [-0.4, -0.2) is 61.6 Å². The number of hydrogen-bond acceptors (Lipinski definition) is 4. The smallest absolute Gasteiger partial charge is 0.253 e. The third kappa shape index (κ3) is 5.19. The largest absolute Gasteiger partial charge is 0.379 e. The highest BCUT2D eigenvalue weighted by molar-refractivity contribution is 6.33. The van der Waals surface area contributed by atoms with Crippen molar-refractivity contribution in [3.05, 3.63) is 34.9 Å². The van der Waals surface area contributed by atoms with Crippen LogP contribution >= 0.6 is 11.6 Å². The number of morpholine rings is 1. The second kappa shape index (κ2) is 8.46. The molecular formula is C17H24ClN3O3. The summed E-state index contributed by atoms with van der Waals surface area (Å²) in [5.41, 5.74) is 0.201. The molecule has 1 saturated heterocycles. The first kappa shape index (κ1) is 18.7. The normalized spacial score (nSPS) is 15.8. The molecule has 0 saturated carbocycles. The van der Waals surface area contributed by atoms with Gasteiger partial charge in [-0.25, -0.2) is 0 Å². The van der Waals surface area contributed by atoms with Gasteiger partial charge in [-0.15, -0.1) is 0 Å². The number of nitrogens with one attached hydrogen (secondary N) is 2. The maximum atomic E-state index is 12.0. The molecule has 0 aromatic heterocycles. The fourth-order valence-electron chi connectivity index (χ4n) is 2.56. The van der Waals surface area contributed by atoms with Crippen LogP contribution in [0.15, 0.2) is 24.3 Å². The monoisotopic (exact) mass is 353 g/mol. The summed E-state index contributed by atoms with van der Waals surface area (Å²) in [7, 11) is 0. The maximum absolute atomic E-state index is 12.0. The molecule has 0 radical (unpaired) electrons. The van der Waals surface area contributed by atoms with Crippen molar-refractivity contribution in [1.82, 2.24) is 15.5 Å². The Morgan fingerprint density at radius 2 is 1.88 bits per heavy atom. The van der Waals surface area contributed by atoms with Crippen LogP contribution in [0.2, 0.25) is 5.02 Å². The highest BCUT2D eigenvalue weighted by atomic mass is 35.5. The lowest BCUT2D eigenvalue weighted by atomic mass is 10.0. The van der Waals surface area contributed by atoms with E-state index in [0.29, 0.717) is 30.3 Å².